The Labute approximate surface area is 93.4 Å². The number of carbonyl (C=O) groups excluding carboxylic acids is 1. The highest BCUT2D eigenvalue weighted by Gasteiger charge is 2.51. The average Bonchev–Trinajstić information content (AvgIpc) is 2.43. The van der Waals surface area contributed by atoms with E-state index in [1.807, 2.05) is 0 Å². The lowest BCUT2D eigenvalue weighted by atomic mass is 10.1. The predicted molar refractivity (Wildman–Crippen MR) is 51.3 cm³/mol. The Morgan fingerprint density at radius 3 is 2.81 bits per heavy atom. The molecule has 0 aromatic heterocycles. The van der Waals surface area contributed by atoms with Gasteiger partial charge in [-0.1, -0.05) is 0 Å². The zero-order valence-corrected chi connectivity index (χ0v) is 9.50. The second kappa shape index (κ2) is 3.96. The quantitative estimate of drug-likeness (QED) is 0.630. The summed E-state index contributed by atoms with van der Waals surface area (Å²) in [5.74, 6) is -1.25. The SMILES string of the molecule is CC(=O)O[C@H]1O[C@@H]2COC(C)(C)O[C@@H]2[C@H]1O. The fraction of sp³-hybridized carbons (Fsp3) is 0.900. The molecular formula is C10H16O6. The summed E-state index contributed by atoms with van der Waals surface area (Å²) < 4.78 is 21.1. The van der Waals surface area contributed by atoms with Crippen molar-refractivity contribution in [3.8, 4) is 0 Å². The number of aliphatic hydroxyl groups excluding tert-OH is 1. The Bertz CT molecular complexity index is 289. The standard InChI is InChI=1S/C10H16O6/c1-5(11)14-9-7(12)8-6(15-9)4-13-10(2,3)16-8/h6-9,12H,4H2,1-3H3/t6-,7-,8+,9+/m1/s1. The van der Waals surface area contributed by atoms with Gasteiger partial charge in [0.1, 0.15) is 18.3 Å². The van der Waals surface area contributed by atoms with Gasteiger partial charge in [0.25, 0.3) is 0 Å². The normalized spacial score (nSPS) is 41.5. The van der Waals surface area contributed by atoms with Crippen molar-refractivity contribution in [2.24, 2.45) is 0 Å². The van der Waals surface area contributed by atoms with Crippen molar-refractivity contribution in [1.82, 2.24) is 0 Å². The van der Waals surface area contributed by atoms with Crippen LogP contribution in [0.1, 0.15) is 20.8 Å². The molecule has 0 amide bonds. The molecule has 0 spiro atoms. The third-order valence-electron chi connectivity index (χ3n) is 2.59. The van der Waals surface area contributed by atoms with Crippen LogP contribution in [0.4, 0.5) is 0 Å². The third-order valence-corrected chi connectivity index (χ3v) is 2.59. The van der Waals surface area contributed by atoms with Gasteiger partial charge in [-0.05, 0) is 13.8 Å². The van der Waals surface area contributed by atoms with Crippen molar-refractivity contribution in [2.45, 2.75) is 51.2 Å². The van der Waals surface area contributed by atoms with Gasteiger partial charge < -0.3 is 24.1 Å². The Balaban J connectivity index is 2.04. The Kier molecular flexibility index (Phi) is 2.91. The lowest BCUT2D eigenvalue weighted by Crippen LogP contribution is -2.50. The van der Waals surface area contributed by atoms with Crippen LogP contribution in [0.2, 0.25) is 0 Å². The molecule has 2 aliphatic heterocycles. The van der Waals surface area contributed by atoms with Crippen LogP contribution >= 0.6 is 0 Å². The maximum Gasteiger partial charge on any atom is 0.305 e. The molecule has 16 heavy (non-hydrogen) atoms. The molecule has 0 radical (unpaired) electrons. The van der Waals surface area contributed by atoms with Crippen LogP contribution < -0.4 is 0 Å². The lowest BCUT2D eigenvalue weighted by molar-refractivity contribution is -0.300. The van der Waals surface area contributed by atoms with Gasteiger partial charge in [-0.25, -0.2) is 0 Å². The molecule has 0 aromatic rings. The first kappa shape index (κ1) is 11.8. The molecule has 6 heteroatoms. The lowest BCUT2D eigenvalue weighted by Gasteiger charge is -2.37. The van der Waals surface area contributed by atoms with E-state index in [0.717, 1.165) is 0 Å². The van der Waals surface area contributed by atoms with E-state index >= 15 is 0 Å². The maximum absolute atomic E-state index is 10.8. The van der Waals surface area contributed by atoms with Crippen molar-refractivity contribution in [1.29, 1.82) is 0 Å². The summed E-state index contributed by atoms with van der Waals surface area (Å²) in [6.07, 6.45) is -2.86. The molecular weight excluding hydrogens is 216 g/mol. The summed E-state index contributed by atoms with van der Waals surface area (Å²) in [5.41, 5.74) is 0. The number of hydrogen-bond donors (Lipinski definition) is 1. The van der Waals surface area contributed by atoms with E-state index in [4.69, 9.17) is 18.9 Å². The van der Waals surface area contributed by atoms with Crippen molar-refractivity contribution in [3.63, 3.8) is 0 Å². The van der Waals surface area contributed by atoms with Gasteiger partial charge in [0.15, 0.2) is 5.79 Å². The van der Waals surface area contributed by atoms with Crippen molar-refractivity contribution in [3.05, 3.63) is 0 Å². The van der Waals surface area contributed by atoms with Crippen molar-refractivity contribution < 1.29 is 28.8 Å². The fourth-order valence-electron chi connectivity index (χ4n) is 1.89. The number of esters is 1. The van der Waals surface area contributed by atoms with E-state index in [9.17, 15) is 9.90 Å². The number of ether oxygens (including phenoxy) is 4. The Morgan fingerprint density at radius 2 is 2.19 bits per heavy atom. The minimum atomic E-state index is -0.975. The summed E-state index contributed by atoms with van der Waals surface area (Å²) in [7, 11) is 0. The summed E-state index contributed by atoms with van der Waals surface area (Å²) in [6, 6.07) is 0. The van der Waals surface area contributed by atoms with E-state index in [-0.39, 0.29) is 0 Å². The highest BCUT2D eigenvalue weighted by molar-refractivity contribution is 5.66. The largest absolute Gasteiger partial charge is 0.433 e. The smallest absolute Gasteiger partial charge is 0.305 e. The highest BCUT2D eigenvalue weighted by Crippen LogP contribution is 2.33. The summed E-state index contributed by atoms with van der Waals surface area (Å²) in [4.78, 5) is 10.8. The van der Waals surface area contributed by atoms with E-state index in [2.05, 4.69) is 0 Å². The molecule has 0 bridgehead atoms. The first-order valence-corrected chi connectivity index (χ1v) is 5.21. The van der Waals surface area contributed by atoms with Crippen molar-refractivity contribution >= 4 is 5.97 Å². The van der Waals surface area contributed by atoms with Crippen LogP contribution in [-0.2, 0) is 23.7 Å². The average molecular weight is 232 g/mol. The van der Waals surface area contributed by atoms with Gasteiger partial charge in [-0.2, -0.15) is 0 Å². The molecule has 2 rings (SSSR count). The van der Waals surface area contributed by atoms with Crippen LogP contribution in [0.3, 0.4) is 0 Å². The summed E-state index contributed by atoms with van der Waals surface area (Å²) in [6.45, 7) is 5.09. The number of rotatable bonds is 1. The second-order valence-electron chi connectivity index (χ2n) is 4.44. The number of fused-ring (bicyclic) bond motifs is 1. The number of carbonyl (C=O) groups is 1. The fourth-order valence-corrected chi connectivity index (χ4v) is 1.89. The monoisotopic (exact) mass is 232 g/mol. The van der Waals surface area contributed by atoms with Crippen LogP contribution in [0.15, 0.2) is 0 Å². The summed E-state index contributed by atoms with van der Waals surface area (Å²) in [5, 5.41) is 9.88. The molecule has 2 aliphatic rings. The van der Waals surface area contributed by atoms with E-state index in [1.54, 1.807) is 13.8 Å². The highest BCUT2D eigenvalue weighted by atomic mass is 16.8. The molecule has 0 aliphatic carbocycles. The summed E-state index contributed by atoms with van der Waals surface area (Å²) >= 11 is 0. The van der Waals surface area contributed by atoms with E-state index in [1.165, 1.54) is 6.92 Å². The van der Waals surface area contributed by atoms with Gasteiger partial charge in [-0.3, -0.25) is 4.79 Å². The molecule has 0 saturated carbocycles. The topological polar surface area (TPSA) is 74.2 Å². The molecule has 1 N–H and O–H groups in total. The number of hydrogen-bond acceptors (Lipinski definition) is 6. The molecule has 0 aromatic carbocycles. The van der Waals surface area contributed by atoms with Crippen LogP contribution in [-0.4, -0.2) is 48.1 Å². The molecule has 2 fully saturated rings. The van der Waals surface area contributed by atoms with Gasteiger partial charge >= 0.3 is 5.97 Å². The molecule has 4 atom stereocenters. The molecule has 0 unspecified atom stereocenters. The second-order valence-corrected chi connectivity index (χ2v) is 4.44. The minimum absolute atomic E-state index is 0.312. The Morgan fingerprint density at radius 1 is 1.50 bits per heavy atom. The predicted octanol–water partition coefficient (Wildman–Crippen LogP) is -0.213. The van der Waals surface area contributed by atoms with E-state index < -0.39 is 36.4 Å². The molecule has 92 valence electrons. The first-order chi connectivity index (χ1) is 7.39. The molecule has 6 nitrogen and oxygen atoms in total. The third kappa shape index (κ3) is 2.20. The van der Waals surface area contributed by atoms with Gasteiger partial charge in [-0.15, -0.1) is 0 Å². The zero-order chi connectivity index (χ0) is 11.9. The van der Waals surface area contributed by atoms with Crippen LogP contribution in [0.5, 0.6) is 0 Å². The Hall–Kier alpha value is -0.690. The minimum Gasteiger partial charge on any atom is -0.433 e. The molecule has 2 saturated heterocycles. The first-order valence-electron chi connectivity index (χ1n) is 5.21. The van der Waals surface area contributed by atoms with E-state index in [0.29, 0.717) is 6.61 Å². The van der Waals surface area contributed by atoms with Crippen LogP contribution in [0.25, 0.3) is 0 Å². The zero-order valence-electron chi connectivity index (χ0n) is 9.50. The van der Waals surface area contributed by atoms with Crippen LogP contribution in [0, 0.1) is 0 Å². The van der Waals surface area contributed by atoms with Gasteiger partial charge in [0, 0.05) is 6.92 Å². The van der Waals surface area contributed by atoms with Crippen molar-refractivity contribution in [2.75, 3.05) is 6.61 Å². The number of aliphatic hydroxyl groups is 1. The molecule has 2 heterocycles. The maximum atomic E-state index is 10.8. The van der Waals surface area contributed by atoms with Gasteiger partial charge in [0.05, 0.1) is 6.61 Å². The van der Waals surface area contributed by atoms with Gasteiger partial charge in [0.2, 0.25) is 6.29 Å².